The summed E-state index contributed by atoms with van der Waals surface area (Å²) in [4.78, 5) is 8.89. The Balaban J connectivity index is 1.60. The van der Waals surface area contributed by atoms with E-state index in [1.165, 1.54) is 6.26 Å². The van der Waals surface area contributed by atoms with E-state index in [9.17, 15) is 8.42 Å². The molecule has 28 heavy (non-hydrogen) atoms. The standard InChI is InChI=1S/C19H18N6O2S/c1-12-9-13(11-14(10-12)28(2,26)27)21-19-20-8-7-17(23-19)22-18-15-5-3-4-6-16(15)24-25-18/h3-11H,1-2H3,(H3,20,21,22,23,24,25). The number of rotatable bonds is 5. The molecule has 0 aliphatic carbocycles. The molecule has 0 aliphatic rings. The number of hydrogen-bond donors (Lipinski definition) is 3. The number of aromatic amines is 1. The van der Waals surface area contributed by atoms with Crippen LogP contribution >= 0.6 is 0 Å². The summed E-state index contributed by atoms with van der Waals surface area (Å²) in [6.07, 6.45) is 2.79. The number of para-hydroxylation sites is 1. The van der Waals surface area contributed by atoms with Crippen molar-refractivity contribution in [2.75, 3.05) is 16.9 Å². The Labute approximate surface area is 162 Å². The minimum atomic E-state index is -3.31. The molecule has 9 heteroatoms. The minimum absolute atomic E-state index is 0.243. The van der Waals surface area contributed by atoms with Crippen LogP contribution in [0.1, 0.15) is 5.56 Å². The highest BCUT2D eigenvalue weighted by molar-refractivity contribution is 7.90. The largest absolute Gasteiger partial charge is 0.324 e. The number of anilines is 4. The van der Waals surface area contributed by atoms with E-state index in [1.807, 2.05) is 37.3 Å². The molecule has 4 rings (SSSR count). The van der Waals surface area contributed by atoms with Crippen molar-refractivity contribution < 1.29 is 8.42 Å². The fourth-order valence-electron chi connectivity index (χ4n) is 2.83. The Kier molecular flexibility index (Phi) is 4.44. The van der Waals surface area contributed by atoms with E-state index in [4.69, 9.17) is 0 Å². The first-order chi connectivity index (χ1) is 13.4. The van der Waals surface area contributed by atoms with Gasteiger partial charge in [0.05, 0.1) is 10.4 Å². The molecule has 0 unspecified atom stereocenters. The Morgan fingerprint density at radius 1 is 1.04 bits per heavy atom. The second kappa shape index (κ2) is 6.93. The van der Waals surface area contributed by atoms with Crippen molar-refractivity contribution in [3.63, 3.8) is 0 Å². The zero-order valence-corrected chi connectivity index (χ0v) is 16.1. The quantitative estimate of drug-likeness (QED) is 0.474. The first kappa shape index (κ1) is 17.9. The van der Waals surface area contributed by atoms with Gasteiger partial charge in [0.2, 0.25) is 5.95 Å². The van der Waals surface area contributed by atoms with Crippen LogP contribution in [0.25, 0.3) is 10.9 Å². The maximum absolute atomic E-state index is 11.8. The number of sulfone groups is 1. The molecule has 2 aromatic carbocycles. The molecule has 0 fully saturated rings. The molecule has 4 aromatic rings. The lowest BCUT2D eigenvalue weighted by Gasteiger charge is -2.09. The highest BCUT2D eigenvalue weighted by atomic mass is 32.2. The molecular weight excluding hydrogens is 376 g/mol. The van der Waals surface area contributed by atoms with E-state index >= 15 is 0 Å². The number of benzene rings is 2. The molecular formula is C19H18N6O2S. The van der Waals surface area contributed by atoms with Crippen molar-refractivity contribution in [3.8, 4) is 0 Å². The summed E-state index contributed by atoms with van der Waals surface area (Å²) in [7, 11) is -3.31. The third kappa shape index (κ3) is 3.79. The summed E-state index contributed by atoms with van der Waals surface area (Å²) >= 11 is 0. The summed E-state index contributed by atoms with van der Waals surface area (Å²) in [6.45, 7) is 1.83. The lowest BCUT2D eigenvalue weighted by Crippen LogP contribution is -2.03. The summed E-state index contributed by atoms with van der Waals surface area (Å²) in [5, 5.41) is 14.4. The van der Waals surface area contributed by atoms with E-state index in [-0.39, 0.29) is 4.90 Å². The number of nitrogens with zero attached hydrogens (tertiary/aromatic N) is 3. The number of H-pyrrole nitrogens is 1. The van der Waals surface area contributed by atoms with E-state index < -0.39 is 9.84 Å². The van der Waals surface area contributed by atoms with Crippen molar-refractivity contribution in [3.05, 3.63) is 60.3 Å². The maximum atomic E-state index is 11.8. The van der Waals surface area contributed by atoms with Gasteiger partial charge < -0.3 is 10.6 Å². The van der Waals surface area contributed by atoms with Crippen LogP contribution in [0, 0.1) is 6.92 Å². The van der Waals surface area contributed by atoms with Crippen LogP contribution in [0.2, 0.25) is 0 Å². The Morgan fingerprint density at radius 3 is 2.68 bits per heavy atom. The molecule has 2 aromatic heterocycles. The van der Waals surface area contributed by atoms with Gasteiger partial charge in [0, 0.05) is 23.5 Å². The average Bonchev–Trinajstić information content (AvgIpc) is 3.04. The van der Waals surface area contributed by atoms with Crippen molar-refractivity contribution in [1.29, 1.82) is 0 Å². The highest BCUT2D eigenvalue weighted by Gasteiger charge is 2.11. The lowest BCUT2D eigenvalue weighted by atomic mass is 10.2. The van der Waals surface area contributed by atoms with Gasteiger partial charge in [0.1, 0.15) is 5.82 Å². The molecule has 142 valence electrons. The van der Waals surface area contributed by atoms with Gasteiger partial charge in [-0.2, -0.15) is 10.1 Å². The van der Waals surface area contributed by atoms with E-state index in [0.717, 1.165) is 16.5 Å². The zero-order valence-electron chi connectivity index (χ0n) is 15.3. The fourth-order valence-corrected chi connectivity index (χ4v) is 3.57. The molecule has 0 spiro atoms. The van der Waals surface area contributed by atoms with Gasteiger partial charge in [-0.15, -0.1) is 0 Å². The first-order valence-electron chi connectivity index (χ1n) is 8.50. The van der Waals surface area contributed by atoms with Gasteiger partial charge >= 0.3 is 0 Å². The van der Waals surface area contributed by atoms with Crippen molar-refractivity contribution in [2.24, 2.45) is 0 Å². The van der Waals surface area contributed by atoms with E-state index in [1.54, 1.807) is 24.4 Å². The molecule has 0 radical (unpaired) electrons. The van der Waals surface area contributed by atoms with Crippen LogP contribution in [0.15, 0.2) is 59.6 Å². The van der Waals surface area contributed by atoms with E-state index in [0.29, 0.717) is 23.3 Å². The molecule has 0 amide bonds. The van der Waals surface area contributed by atoms with E-state index in [2.05, 4.69) is 30.8 Å². The maximum Gasteiger partial charge on any atom is 0.229 e. The van der Waals surface area contributed by atoms with Crippen LogP contribution in [-0.2, 0) is 9.84 Å². The predicted molar refractivity (Wildman–Crippen MR) is 109 cm³/mol. The van der Waals surface area contributed by atoms with Crippen molar-refractivity contribution in [2.45, 2.75) is 11.8 Å². The highest BCUT2D eigenvalue weighted by Crippen LogP contribution is 2.24. The number of aryl methyl sites for hydroxylation is 1. The van der Waals surface area contributed by atoms with Gasteiger partial charge in [0.15, 0.2) is 15.7 Å². The third-order valence-corrected chi connectivity index (χ3v) is 5.20. The Hall–Kier alpha value is -3.46. The second-order valence-electron chi connectivity index (χ2n) is 6.44. The molecule has 3 N–H and O–H groups in total. The number of aromatic nitrogens is 4. The normalized spacial score (nSPS) is 11.5. The zero-order chi connectivity index (χ0) is 19.7. The fraction of sp³-hybridized carbons (Fsp3) is 0.105. The summed E-state index contributed by atoms with van der Waals surface area (Å²) in [5.41, 5.74) is 2.34. The van der Waals surface area contributed by atoms with Crippen LogP contribution in [0.5, 0.6) is 0 Å². The molecule has 0 aliphatic heterocycles. The molecule has 0 saturated carbocycles. The number of hydrogen-bond acceptors (Lipinski definition) is 7. The molecule has 0 atom stereocenters. The first-order valence-corrected chi connectivity index (χ1v) is 10.4. The van der Waals surface area contributed by atoms with Crippen molar-refractivity contribution >= 4 is 44.0 Å². The van der Waals surface area contributed by atoms with Gasteiger partial charge in [-0.05, 0) is 48.9 Å². The summed E-state index contributed by atoms with van der Waals surface area (Å²) in [5.74, 6) is 1.57. The van der Waals surface area contributed by atoms with Gasteiger partial charge in [-0.3, -0.25) is 5.10 Å². The molecule has 0 saturated heterocycles. The topological polar surface area (TPSA) is 113 Å². The van der Waals surface area contributed by atoms with Crippen LogP contribution in [0.4, 0.5) is 23.3 Å². The van der Waals surface area contributed by atoms with Gasteiger partial charge in [0.25, 0.3) is 0 Å². The predicted octanol–water partition coefficient (Wildman–Crippen LogP) is 3.55. The summed E-state index contributed by atoms with van der Waals surface area (Å²) < 4.78 is 23.7. The summed E-state index contributed by atoms with van der Waals surface area (Å²) in [6, 6.07) is 14.5. The molecule has 8 nitrogen and oxygen atoms in total. The number of nitrogens with one attached hydrogen (secondary N) is 3. The third-order valence-electron chi connectivity index (χ3n) is 4.11. The minimum Gasteiger partial charge on any atom is -0.324 e. The van der Waals surface area contributed by atoms with Crippen molar-refractivity contribution in [1.82, 2.24) is 20.2 Å². The SMILES string of the molecule is Cc1cc(Nc2nccc(Nc3n[nH]c4ccccc34)n2)cc(S(C)(=O)=O)c1. The molecule has 0 bridgehead atoms. The Morgan fingerprint density at radius 2 is 1.86 bits per heavy atom. The Bertz CT molecular complexity index is 1270. The van der Waals surface area contributed by atoms with Crippen LogP contribution < -0.4 is 10.6 Å². The second-order valence-corrected chi connectivity index (χ2v) is 8.46. The van der Waals surface area contributed by atoms with Gasteiger partial charge in [-0.1, -0.05) is 12.1 Å². The average molecular weight is 394 g/mol. The molecule has 2 heterocycles. The smallest absolute Gasteiger partial charge is 0.229 e. The monoisotopic (exact) mass is 394 g/mol. The van der Waals surface area contributed by atoms with Crippen LogP contribution in [-0.4, -0.2) is 34.8 Å². The number of fused-ring (bicyclic) bond motifs is 1. The van der Waals surface area contributed by atoms with Crippen LogP contribution in [0.3, 0.4) is 0 Å². The van der Waals surface area contributed by atoms with Gasteiger partial charge in [-0.25, -0.2) is 13.4 Å². The lowest BCUT2D eigenvalue weighted by molar-refractivity contribution is 0.602.